The van der Waals surface area contributed by atoms with Gasteiger partial charge in [0.1, 0.15) is 5.75 Å². The lowest BCUT2D eigenvalue weighted by molar-refractivity contribution is -0.115. The fraction of sp³-hybridized carbons (Fsp3) is 0.167. The number of methoxy groups -OCH3 is 1. The Kier molecular flexibility index (Phi) is 7.19. The number of carbonyl (C=O) groups excluding carboxylic acids is 2. The normalized spacial score (nSPS) is 11.4. The number of anilines is 2. The van der Waals surface area contributed by atoms with Gasteiger partial charge in [0, 0.05) is 17.3 Å². The average molecular weight is 403 g/mol. The Morgan fingerprint density at radius 1 is 0.867 bits per heavy atom. The molecule has 3 rings (SSSR count). The molecule has 3 aromatic carbocycles. The number of hydrogen-bond donors (Lipinski definition) is 3. The quantitative estimate of drug-likeness (QED) is 0.526. The van der Waals surface area contributed by atoms with Gasteiger partial charge in [-0.2, -0.15) is 0 Å². The first-order chi connectivity index (χ1) is 14.6. The molecule has 154 valence electrons. The summed E-state index contributed by atoms with van der Waals surface area (Å²) in [5.41, 5.74) is 2.52. The van der Waals surface area contributed by atoms with Crippen molar-refractivity contribution in [1.29, 1.82) is 0 Å². The first-order valence-electron chi connectivity index (χ1n) is 9.70. The summed E-state index contributed by atoms with van der Waals surface area (Å²) in [4.78, 5) is 25.1. The molecule has 0 aliphatic carbocycles. The maximum absolute atomic E-state index is 12.6. The van der Waals surface area contributed by atoms with Gasteiger partial charge in [0.25, 0.3) is 5.91 Å². The van der Waals surface area contributed by atoms with E-state index in [1.807, 2.05) is 61.5 Å². The van der Waals surface area contributed by atoms with E-state index in [1.54, 1.807) is 31.4 Å². The molecule has 0 saturated heterocycles. The van der Waals surface area contributed by atoms with Gasteiger partial charge >= 0.3 is 0 Å². The minimum Gasteiger partial charge on any atom is -0.496 e. The van der Waals surface area contributed by atoms with E-state index in [-0.39, 0.29) is 24.4 Å². The van der Waals surface area contributed by atoms with E-state index >= 15 is 0 Å². The summed E-state index contributed by atoms with van der Waals surface area (Å²) in [7, 11) is 1.62. The molecule has 3 N–H and O–H groups in total. The van der Waals surface area contributed by atoms with Crippen LogP contribution in [0.1, 0.15) is 28.9 Å². The second kappa shape index (κ2) is 10.2. The number of para-hydroxylation sites is 3. The van der Waals surface area contributed by atoms with Crippen molar-refractivity contribution in [3.63, 3.8) is 0 Å². The first-order valence-corrected chi connectivity index (χ1v) is 9.70. The van der Waals surface area contributed by atoms with Crippen LogP contribution in [0.4, 0.5) is 11.4 Å². The lowest BCUT2D eigenvalue weighted by Gasteiger charge is -2.17. The summed E-state index contributed by atoms with van der Waals surface area (Å²) in [6.07, 6.45) is 0. The number of benzene rings is 3. The van der Waals surface area contributed by atoms with Gasteiger partial charge in [-0.1, -0.05) is 48.5 Å². The van der Waals surface area contributed by atoms with Crippen molar-refractivity contribution in [3.05, 3.63) is 90.0 Å². The van der Waals surface area contributed by atoms with Crippen LogP contribution in [0.3, 0.4) is 0 Å². The molecule has 0 saturated carbocycles. The van der Waals surface area contributed by atoms with Crippen LogP contribution >= 0.6 is 0 Å². The second-order valence-electron chi connectivity index (χ2n) is 6.76. The minimum absolute atomic E-state index is 0.0801. The van der Waals surface area contributed by atoms with E-state index < -0.39 is 0 Å². The van der Waals surface area contributed by atoms with Crippen molar-refractivity contribution in [2.24, 2.45) is 0 Å². The highest BCUT2D eigenvalue weighted by Crippen LogP contribution is 2.24. The number of nitrogens with one attached hydrogen (secondary N) is 3. The van der Waals surface area contributed by atoms with Crippen molar-refractivity contribution < 1.29 is 14.3 Å². The van der Waals surface area contributed by atoms with Crippen LogP contribution in [-0.4, -0.2) is 25.5 Å². The van der Waals surface area contributed by atoms with Crippen LogP contribution in [0.5, 0.6) is 5.75 Å². The zero-order valence-corrected chi connectivity index (χ0v) is 17.0. The van der Waals surface area contributed by atoms with Gasteiger partial charge in [-0.25, -0.2) is 0 Å². The molecule has 0 unspecified atom stereocenters. The molecule has 1 atom stereocenters. The summed E-state index contributed by atoms with van der Waals surface area (Å²) in [5, 5.41) is 8.85. The number of carbonyl (C=O) groups is 2. The zero-order chi connectivity index (χ0) is 21.3. The molecule has 0 aliphatic rings. The molecular formula is C24H25N3O3. The lowest BCUT2D eigenvalue weighted by atomic mass is 10.1. The Hall–Kier alpha value is -3.64. The third-order valence-corrected chi connectivity index (χ3v) is 4.65. The van der Waals surface area contributed by atoms with Gasteiger partial charge in [-0.3, -0.25) is 9.59 Å². The third kappa shape index (κ3) is 5.46. The molecule has 6 nitrogen and oxygen atoms in total. The fourth-order valence-corrected chi connectivity index (χ4v) is 3.08. The molecule has 6 heteroatoms. The van der Waals surface area contributed by atoms with Crippen molar-refractivity contribution in [2.75, 3.05) is 24.3 Å². The largest absolute Gasteiger partial charge is 0.496 e. The predicted molar refractivity (Wildman–Crippen MR) is 119 cm³/mol. The molecule has 0 aliphatic heterocycles. The number of ether oxygens (including phenoxy) is 1. The SMILES string of the molecule is COc1ccccc1[C@@H](C)NCC(=O)Nc1ccccc1C(=O)Nc1ccccc1. The Balaban J connectivity index is 1.62. The Morgan fingerprint density at radius 3 is 2.30 bits per heavy atom. The molecule has 30 heavy (non-hydrogen) atoms. The topological polar surface area (TPSA) is 79.5 Å². The number of rotatable bonds is 8. The zero-order valence-electron chi connectivity index (χ0n) is 17.0. The van der Waals surface area contributed by atoms with Gasteiger partial charge in [0.2, 0.25) is 5.91 Å². The van der Waals surface area contributed by atoms with E-state index in [4.69, 9.17) is 4.74 Å². The predicted octanol–water partition coefficient (Wildman–Crippen LogP) is 4.24. The van der Waals surface area contributed by atoms with Crippen molar-refractivity contribution >= 4 is 23.2 Å². The smallest absolute Gasteiger partial charge is 0.257 e. The molecule has 0 heterocycles. The first kappa shape index (κ1) is 21.1. The number of amides is 2. The van der Waals surface area contributed by atoms with E-state index in [1.165, 1.54) is 0 Å². The van der Waals surface area contributed by atoms with Gasteiger partial charge < -0.3 is 20.7 Å². The van der Waals surface area contributed by atoms with Crippen molar-refractivity contribution in [3.8, 4) is 5.75 Å². The Morgan fingerprint density at radius 2 is 1.53 bits per heavy atom. The monoisotopic (exact) mass is 403 g/mol. The molecular weight excluding hydrogens is 378 g/mol. The highest BCUT2D eigenvalue weighted by molar-refractivity contribution is 6.10. The van der Waals surface area contributed by atoms with Gasteiger partial charge in [0.05, 0.1) is 24.9 Å². The summed E-state index contributed by atoms with van der Waals surface area (Å²) >= 11 is 0. The molecule has 0 radical (unpaired) electrons. The van der Waals surface area contributed by atoms with E-state index in [0.29, 0.717) is 16.9 Å². The van der Waals surface area contributed by atoms with Gasteiger partial charge in [-0.15, -0.1) is 0 Å². The lowest BCUT2D eigenvalue weighted by Crippen LogP contribution is -2.31. The minimum atomic E-state index is -0.285. The van der Waals surface area contributed by atoms with E-state index in [2.05, 4.69) is 16.0 Å². The molecule has 0 aromatic heterocycles. The molecule has 0 fully saturated rings. The Labute approximate surface area is 176 Å². The highest BCUT2D eigenvalue weighted by atomic mass is 16.5. The van der Waals surface area contributed by atoms with E-state index in [0.717, 1.165) is 11.3 Å². The summed E-state index contributed by atoms with van der Waals surface area (Å²) in [6, 6.07) is 23.7. The third-order valence-electron chi connectivity index (χ3n) is 4.65. The van der Waals surface area contributed by atoms with Crippen LogP contribution in [0.25, 0.3) is 0 Å². The molecule has 2 amide bonds. The average Bonchev–Trinajstić information content (AvgIpc) is 2.78. The number of hydrogen-bond acceptors (Lipinski definition) is 4. The van der Waals surface area contributed by atoms with Crippen LogP contribution in [0.2, 0.25) is 0 Å². The maximum atomic E-state index is 12.6. The molecule has 3 aromatic rings. The maximum Gasteiger partial charge on any atom is 0.257 e. The van der Waals surface area contributed by atoms with Crippen LogP contribution in [-0.2, 0) is 4.79 Å². The van der Waals surface area contributed by atoms with E-state index in [9.17, 15) is 9.59 Å². The fourth-order valence-electron chi connectivity index (χ4n) is 3.08. The Bertz CT molecular complexity index is 1010. The van der Waals surface area contributed by atoms with Crippen molar-refractivity contribution in [2.45, 2.75) is 13.0 Å². The summed E-state index contributed by atoms with van der Waals surface area (Å²) in [6.45, 7) is 2.06. The van der Waals surface area contributed by atoms with Gasteiger partial charge in [-0.05, 0) is 37.3 Å². The van der Waals surface area contributed by atoms with Gasteiger partial charge in [0.15, 0.2) is 0 Å². The standard InChI is InChI=1S/C24H25N3O3/c1-17(19-12-7-9-15-22(19)30-2)25-16-23(28)27-21-14-8-6-13-20(21)24(29)26-18-10-4-3-5-11-18/h3-15,17,25H,16H2,1-2H3,(H,26,29)(H,27,28)/t17-/m1/s1. The van der Waals surface area contributed by atoms with Crippen LogP contribution in [0.15, 0.2) is 78.9 Å². The van der Waals surface area contributed by atoms with Crippen LogP contribution in [0, 0.1) is 0 Å². The molecule has 0 bridgehead atoms. The summed E-state index contributed by atoms with van der Waals surface area (Å²) in [5.74, 6) is 0.241. The highest BCUT2D eigenvalue weighted by Gasteiger charge is 2.15. The van der Waals surface area contributed by atoms with Crippen molar-refractivity contribution in [1.82, 2.24) is 5.32 Å². The second-order valence-corrected chi connectivity index (χ2v) is 6.76. The van der Waals surface area contributed by atoms with Crippen LogP contribution < -0.4 is 20.7 Å². The summed E-state index contributed by atoms with van der Waals surface area (Å²) < 4.78 is 5.37. The molecule has 0 spiro atoms.